The molecule has 3 fully saturated rings. The van der Waals surface area contributed by atoms with Crippen LogP contribution in [0.3, 0.4) is 0 Å². The summed E-state index contributed by atoms with van der Waals surface area (Å²) in [5.74, 6) is 0. The van der Waals surface area contributed by atoms with Gasteiger partial charge in [0.1, 0.15) is 11.4 Å². The number of hydrogen-bond acceptors (Lipinski definition) is 5. The van der Waals surface area contributed by atoms with Crippen LogP contribution >= 0.6 is 34.4 Å². The van der Waals surface area contributed by atoms with Crippen LogP contribution in [0.4, 0.5) is 0 Å². The third kappa shape index (κ3) is 1.22. The normalized spacial score (nSPS) is 52.8. The average Bonchev–Trinajstić information content (AvgIpc) is 2.68. The maximum atomic E-state index is 11.5. The molecule has 0 aromatic rings. The van der Waals surface area contributed by atoms with Crippen molar-refractivity contribution in [3.8, 4) is 0 Å². The Labute approximate surface area is 100 Å². The van der Waals surface area contributed by atoms with Crippen LogP contribution in [0.5, 0.6) is 0 Å². The Kier molecular flexibility index (Phi) is 2.33. The van der Waals surface area contributed by atoms with Crippen molar-refractivity contribution in [3.05, 3.63) is 0 Å². The zero-order valence-electron chi connectivity index (χ0n) is 7.13. The summed E-state index contributed by atoms with van der Waals surface area (Å²) in [7, 11) is -3.29. The SMILES string of the molecule is O=S1(=O)OC2C(OCI)C3CC1C2S3. The van der Waals surface area contributed by atoms with Gasteiger partial charge < -0.3 is 4.74 Å². The highest BCUT2D eigenvalue weighted by molar-refractivity contribution is 14.1. The summed E-state index contributed by atoms with van der Waals surface area (Å²) in [6, 6.07) is 0. The van der Waals surface area contributed by atoms with E-state index in [1.165, 1.54) is 0 Å². The van der Waals surface area contributed by atoms with E-state index >= 15 is 0 Å². The van der Waals surface area contributed by atoms with E-state index in [1.807, 2.05) is 0 Å². The molecule has 7 heteroatoms. The molecule has 5 unspecified atom stereocenters. The molecule has 3 saturated heterocycles. The third-order valence-corrected chi connectivity index (χ3v) is 7.02. The molecule has 14 heavy (non-hydrogen) atoms. The highest BCUT2D eigenvalue weighted by Crippen LogP contribution is 2.55. The minimum absolute atomic E-state index is 0.0181. The lowest BCUT2D eigenvalue weighted by Gasteiger charge is -2.22. The molecule has 3 aliphatic rings. The summed E-state index contributed by atoms with van der Waals surface area (Å²) >= 11 is 3.86. The smallest absolute Gasteiger partial charge is 0.271 e. The molecule has 0 aromatic heterocycles. The lowest BCUT2D eigenvalue weighted by molar-refractivity contribution is 0.0113. The number of rotatable bonds is 2. The third-order valence-electron chi connectivity index (χ3n) is 3.05. The molecular weight excluding hydrogens is 339 g/mol. The van der Waals surface area contributed by atoms with Gasteiger partial charge in [0.25, 0.3) is 10.1 Å². The van der Waals surface area contributed by atoms with E-state index in [1.54, 1.807) is 11.8 Å². The van der Waals surface area contributed by atoms with Crippen molar-refractivity contribution in [3.63, 3.8) is 0 Å². The van der Waals surface area contributed by atoms with E-state index in [0.717, 1.165) is 0 Å². The Morgan fingerprint density at radius 3 is 3.07 bits per heavy atom. The number of thioether (sulfide) groups is 1. The summed E-state index contributed by atoms with van der Waals surface area (Å²) in [5.41, 5.74) is 0. The van der Waals surface area contributed by atoms with E-state index in [4.69, 9.17) is 8.92 Å². The van der Waals surface area contributed by atoms with E-state index < -0.39 is 10.1 Å². The van der Waals surface area contributed by atoms with E-state index in [2.05, 4.69) is 22.6 Å². The minimum Gasteiger partial charge on any atom is -0.364 e. The van der Waals surface area contributed by atoms with Crippen molar-refractivity contribution in [1.29, 1.82) is 0 Å². The topological polar surface area (TPSA) is 52.6 Å². The molecule has 3 aliphatic heterocycles. The minimum atomic E-state index is -3.29. The van der Waals surface area contributed by atoms with Crippen molar-refractivity contribution in [2.45, 2.75) is 34.4 Å². The largest absolute Gasteiger partial charge is 0.364 e. The molecule has 0 aliphatic carbocycles. The van der Waals surface area contributed by atoms with Crippen LogP contribution in [0.2, 0.25) is 0 Å². The quantitative estimate of drug-likeness (QED) is 0.419. The fourth-order valence-electron chi connectivity index (χ4n) is 2.50. The second-order valence-corrected chi connectivity index (χ2v) is 7.54. The summed E-state index contributed by atoms with van der Waals surface area (Å²) in [4.78, 5) is 0. The van der Waals surface area contributed by atoms with E-state index in [-0.39, 0.29) is 22.7 Å². The van der Waals surface area contributed by atoms with Crippen LogP contribution in [-0.2, 0) is 19.0 Å². The van der Waals surface area contributed by atoms with Crippen LogP contribution in [0.1, 0.15) is 6.42 Å². The zero-order valence-corrected chi connectivity index (χ0v) is 10.9. The van der Waals surface area contributed by atoms with Crippen molar-refractivity contribution in [2.24, 2.45) is 0 Å². The maximum Gasteiger partial charge on any atom is 0.271 e. The molecule has 3 rings (SSSR count). The van der Waals surface area contributed by atoms with Gasteiger partial charge in [0.2, 0.25) is 0 Å². The van der Waals surface area contributed by atoms with Gasteiger partial charge in [0, 0.05) is 5.25 Å². The van der Waals surface area contributed by atoms with E-state index in [0.29, 0.717) is 16.3 Å². The molecule has 0 N–H and O–H groups in total. The van der Waals surface area contributed by atoms with Gasteiger partial charge in [-0.1, -0.05) is 22.6 Å². The van der Waals surface area contributed by atoms with Crippen molar-refractivity contribution in [1.82, 2.24) is 0 Å². The molecule has 80 valence electrons. The van der Waals surface area contributed by atoms with E-state index in [9.17, 15) is 8.42 Å². The summed E-state index contributed by atoms with van der Waals surface area (Å²) in [5, 5.41) is 0.177. The molecule has 2 bridgehead atoms. The standard InChI is InChI=1S/C7H9IO4S2/c8-2-11-5-3-1-4-7(13-3)6(5)12-14(4,9)10/h3-7H,1-2H2. The number of fused-ring (bicyclic) bond motifs is 1. The van der Waals surface area contributed by atoms with Gasteiger partial charge in [-0.15, -0.1) is 11.8 Å². The first-order valence-electron chi connectivity index (χ1n) is 4.38. The molecule has 0 saturated carbocycles. The van der Waals surface area contributed by atoms with Gasteiger partial charge in [-0.3, -0.25) is 4.18 Å². The highest BCUT2D eigenvalue weighted by atomic mass is 127. The van der Waals surface area contributed by atoms with Crippen molar-refractivity contribution < 1.29 is 17.3 Å². The molecule has 3 heterocycles. The zero-order chi connectivity index (χ0) is 9.92. The van der Waals surface area contributed by atoms with Crippen molar-refractivity contribution in [2.75, 3.05) is 4.61 Å². The Bertz CT molecular complexity index is 357. The number of halogens is 1. The van der Waals surface area contributed by atoms with Gasteiger partial charge in [-0.2, -0.15) is 8.42 Å². The average molecular weight is 348 g/mol. The van der Waals surface area contributed by atoms with Gasteiger partial charge in [-0.05, 0) is 6.42 Å². The number of hydrogen-bond donors (Lipinski definition) is 0. The molecule has 5 atom stereocenters. The number of ether oxygens (including phenoxy) is 1. The second-order valence-electron chi connectivity index (χ2n) is 3.71. The molecule has 0 radical (unpaired) electrons. The van der Waals surface area contributed by atoms with Gasteiger partial charge >= 0.3 is 0 Å². The maximum absolute atomic E-state index is 11.5. The summed E-state index contributed by atoms with van der Waals surface area (Å²) in [6.45, 7) is 0. The highest BCUT2D eigenvalue weighted by Gasteiger charge is 2.65. The predicted octanol–water partition coefficient (Wildman–Crippen LogP) is 0.749. The first kappa shape index (κ1) is 10.1. The number of alkyl halides is 1. The Morgan fingerprint density at radius 1 is 1.57 bits per heavy atom. The lowest BCUT2D eigenvalue weighted by atomic mass is 9.94. The van der Waals surface area contributed by atoms with Gasteiger partial charge in [0.15, 0.2) is 0 Å². The fourth-order valence-corrected chi connectivity index (χ4v) is 7.08. The first-order chi connectivity index (χ1) is 6.63. The molecule has 4 nitrogen and oxygen atoms in total. The van der Waals surface area contributed by atoms with Crippen LogP contribution in [0.25, 0.3) is 0 Å². The lowest BCUT2D eigenvalue weighted by Crippen LogP contribution is -2.40. The Balaban J connectivity index is 1.93. The second kappa shape index (κ2) is 3.22. The molecule has 0 aromatic carbocycles. The van der Waals surface area contributed by atoms with Crippen LogP contribution in [-0.4, -0.2) is 41.0 Å². The monoisotopic (exact) mass is 348 g/mol. The fraction of sp³-hybridized carbons (Fsp3) is 1.00. The molecule has 0 amide bonds. The predicted molar refractivity (Wildman–Crippen MR) is 61.1 cm³/mol. The van der Waals surface area contributed by atoms with Crippen LogP contribution < -0.4 is 0 Å². The molecular formula is C7H9IO4S2. The Hall–Kier alpha value is 0.950. The summed E-state index contributed by atoms with van der Waals surface area (Å²) < 4.78 is 34.3. The van der Waals surface area contributed by atoms with Crippen molar-refractivity contribution >= 4 is 44.5 Å². The van der Waals surface area contributed by atoms with Gasteiger partial charge in [0.05, 0.1) is 16.0 Å². The molecule has 0 spiro atoms. The van der Waals surface area contributed by atoms with Crippen LogP contribution in [0.15, 0.2) is 0 Å². The summed E-state index contributed by atoms with van der Waals surface area (Å²) in [6.07, 6.45) is 0.467. The first-order valence-corrected chi connectivity index (χ1v) is 8.32. The van der Waals surface area contributed by atoms with Gasteiger partial charge in [-0.25, -0.2) is 0 Å². The van der Waals surface area contributed by atoms with Crippen LogP contribution in [0, 0.1) is 0 Å². The Morgan fingerprint density at radius 2 is 2.36 bits per heavy atom.